The van der Waals surface area contributed by atoms with Crippen LogP contribution in [0.15, 0.2) is 30.3 Å². The van der Waals surface area contributed by atoms with E-state index in [1.165, 1.54) is 12.1 Å². The van der Waals surface area contributed by atoms with E-state index in [0.29, 0.717) is 12.8 Å². The average Bonchev–Trinajstić information content (AvgIpc) is 2.34. The van der Waals surface area contributed by atoms with Gasteiger partial charge in [0, 0.05) is 12.0 Å². The zero-order valence-corrected chi connectivity index (χ0v) is 10.4. The van der Waals surface area contributed by atoms with Gasteiger partial charge in [-0.2, -0.15) is 8.78 Å². The molecule has 0 aromatic heterocycles. The first-order valence-electron chi connectivity index (χ1n) is 6.09. The average molecular weight is 256 g/mol. The molecule has 0 radical (unpaired) electrons. The molecular formula is C14H18F2O2. The second-order valence-corrected chi connectivity index (χ2v) is 4.49. The molecule has 0 bridgehead atoms. The number of ketones is 1. The third kappa shape index (κ3) is 4.53. The Balaban J connectivity index is 2.50. The van der Waals surface area contributed by atoms with Gasteiger partial charge in [0.2, 0.25) is 5.78 Å². The largest absolute Gasteiger partial charge is 0.393 e. The molecule has 0 saturated carbocycles. The molecule has 2 nitrogen and oxygen atoms in total. The van der Waals surface area contributed by atoms with Crippen LogP contribution in [0.5, 0.6) is 0 Å². The molecule has 1 rings (SSSR count). The first-order chi connectivity index (χ1) is 8.43. The minimum atomic E-state index is -3.32. The maximum Gasteiger partial charge on any atom is 0.309 e. The Bertz CT molecular complexity index is 375. The lowest BCUT2D eigenvalue weighted by Gasteiger charge is -2.15. The van der Waals surface area contributed by atoms with E-state index in [0.717, 1.165) is 0 Å². The van der Waals surface area contributed by atoms with Gasteiger partial charge in [-0.25, -0.2) is 0 Å². The molecule has 0 aliphatic rings. The summed E-state index contributed by atoms with van der Waals surface area (Å²) in [5.41, 5.74) is 0.0398. The molecule has 0 heterocycles. The van der Waals surface area contributed by atoms with Crippen molar-refractivity contribution in [2.45, 2.75) is 44.6 Å². The van der Waals surface area contributed by atoms with Crippen molar-refractivity contribution in [2.24, 2.45) is 0 Å². The Morgan fingerprint density at radius 2 is 1.89 bits per heavy atom. The number of hydrogen-bond donors (Lipinski definition) is 1. The van der Waals surface area contributed by atoms with Crippen LogP contribution >= 0.6 is 0 Å². The maximum atomic E-state index is 13.6. The van der Waals surface area contributed by atoms with E-state index in [-0.39, 0.29) is 12.0 Å². The van der Waals surface area contributed by atoms with Crippen molar-refractivity contribution in [3.05, 3.63) is 35.9 Å². The molecule has 1 atom stereocenters. The molecule has 18 heavy (non-hydrogen) atoms. The highest BCUT2D eigenvalue weighted by Gasteiger charge is 2.38. The monoisotopic (exact) mass is 256 g/mol. The van der Waals surface area contributed by atoms with Gasteiger partial charge in [0.25, 0.3) is 0 Å². The summed E-state index contributed by atoms with van der Waals surface area (Å²) < 4.78 is 27.2. The summed E-state index contributed by atoms with van der Waals surface area (Å²) in [5, 5.41) is 9.01. The summed E-state index contributed by atoms with van der Waals surface area (Å²) in [6, 6.07) is 7.60. The third-order valence-electron chi connectivity index (χ3n) is 2.73. The normalized spacial score (nSPS) is 13.3. The van der Waals surface area contributed by atoms with Gasteiger partial charge in [-0.05, 0) is 19.8 Å². The van der Waals surface area contributed by atoms with Crippen LogP contribution < -0.4 is 0 Å². The van der Waals surface area contributed by atoms with E-state index in [4.69, 9.17) is 5.11 Å². The number of carbonyl (C=O) groups excluding carboxylic acids is 1. The van der Waals surface area contributed by atoms with Gasteiger partial charge in [-0.3, -0.25) is 4.79 Å². The van der Waals surface area contributed by atoms with Gasteiger partial charge in [0.05, 0.1) is 6.10 Å². The number of aliphatic hydroxyl groups excluding tert-OH is 1. The first kappa shape index (κ1) is 14.8. The van der Waals surface area contributed by atoms with Crippen molar-refractivity contribution in [1.29, 1.82) is 0 Å². The molecule has 0 amide bonds. The highest BCUT2D eigenvalue weighted by atomic mass is 19.3. The molecule has 100 valence electrons. The number of benzene rings is 1. The van der Waals surface area contributed by atoms with Crippen LogP contribution in [0.3, 0.4) is 0 Å². The fourth-order valence-electron chi connectivity index (χ4n) is 1.70. The SMILES string of the molecule is CC(O)CCCCC(F)(F)C(=O)c1ccccc1. The van der Waals surface area contributed by atoms with Crippen LogP contribution in [0.25, 0.3) is 0 Å². The molecule has 4 heteroatoms. The Morgan fingerprint density at radius 3 is 2.44 bits per heavy atom. The van der Waals surface area contributed by atoms with Gasteiger partial charge in [-0.1, -0.05) is 36.8 Å². The number of hydrogen-bond acceptors (Lipinski definition) is 2. The summed E-state index contributed by atoms with van der Waals surface area (Å²) >= 11 is 0. The Labute approximate surface area is 106 Å². The fraction of sp³-hybridized carbons (Fsp3) is 0.500. The molecular weight excluding hydrogens is 238 g/mol. The van der Waals surface area contributed by atoms with Crippen LogP contribution in [0.2, 0.25) is 0 Å². The number of aliphatic hydroxyl groups is 1. The summed E-state index contributed by atoms with van der Waals surface area (Å²) in [7, 11) is 0. The number of carbonyl (C=O) groups is 1. The lowest BCUT2D eigenvalue weighted by molar-refractivity contribution is 0.00295. The molecule has 0 fully saturated rings. The Morgan fingerprint density at radius 1 is 1.28 bits per heavy atom. The number of Topliss-reactive ketones (excluding diaryl/α,β-unsaturated/α-hetero) is 1. The number of halogens is 2. The van der Waals surface area contributed by atoms with Gasteiger partial charge >= 0.3 is 5.92 Å². The number of unbranched alkanes of at least 4 members (excludes halogenated alkanes) is 1. The standard InChI is InChI=1S/C14H18F2O2/c1-11(17)7-5-6-10-14(15,16)13(18)12-8-3-2-4-9-12/h2-4,8-9,11,17H,5-7,10H2,1H3. The zero-order chi connectivity index (χ0) is 13.6. The van der Waals surface area contributed by atoms with Gasteiger partial charge in [0.15, 0.2) is 0 Å². The summed E-state index contributed by atoms with van der Waals surface area (Å²) in [5.74, 6) is -4.44. The van der Waals surface area contributed by atoms with Crippen LogP contribution in [0.4, 0.5) is 8.78 Å². The van der Waals surface area contributed by atoms with E-state index in [2.05, 4.69) is 0 Å². The van der Waals surface area contributed by atoms with E-state index in [1.807, 2.05) is 0 Å². The maximum absolute atomic E-state index is 13.6. The van der Waals surface area contributed by atoms with Gasteiger partial charge in [-0.15, -0.1) is 0 Å². The molecule has 0 spiro atoms. The smallest absolute Gasteiger partial charge is 0.309 e. The Kier molecular flexibility index (Phi) is 5.41. The van der Waals surface area contributed by atoms with Crippen molar-refractivity contribution >= 4 is 5.78 Å². The lowest BCUT2D eigenvalue weighted by Crippen LogP contribution is -2.28. The molecule has 0 aliphatic carbocycles. The third-order valence-corrected chi connectivity index (χ3v) is 2.73. The van der Waals surface area contributed by atoms with Crippen LogP contribution in [-0.4, -0.2) is 22.9 Å². The highest BCUT2D eigenvalue weighted by molar-refractivity contribution is 6.01. The molecule has 1 unspecified atom stereocenters. The van der Waals surface area contributed by atoms with Crippen molar-refractivity contribution in [1.82, 2.24) is 0 Å². The second kappa shape index (κ2) is 6.59. The lowest BCUT2D eigenvalue weighted by atomic mass is 10.00. The summed E-state index contributed by atoms with van der Waals surface area (Å²) in [4.78, 5) is 11.6. The van der Waals surface area contributed by atoms with Crippen molar-refractivity contribution in [2.75, 3.05) is 0 Å². The van der Waals surface area contributed by atoms with Crippen molar-refractivity contribution < 1.29 is 18.7 Å². The minimum Gasteiger partial charge on any atom is -0.393 e. The molecule has 1 aromatic carbocycles. The quantitative estimate of drug-likeness (QED) is 0.599. The Hall–Kier alpha value is -1.29. The summed E-state index contributed by atoms with van der Waals surface area (Å²) in [6.07, 6.45) is 0.262. The van der Waals surface area contributed by atoms with E-state index in [1.54, 1.807) is 25.1 Å². The topological polar surface area (TPSA) is 37.3 Å². The predicted molar refractivity (Wildman–Crippen MR) is 65.9 cm³/mol. The van der Waals surface area contributed by atoms with Gasteiger partial charge < -0.3 is 5.11 Å². The fourth-order valence-corrected chi connectivity index (χ4v) is 1.70. The number of alkyl halides is 2. The van der Waals surface area contributed by atoms with E-state index < -0.39 is 24.2 Å². The van der Waals surface area contributed by atoms with Crippen molar-refractivity contribution in [3.63, 3.8) is 0 Å². The minimum absolute atomic E-state index is 0.0398. The highest BCUT2D eigenvalue weighted by Crippen LogP contribution is 2.26. The van der Waals surface area contributed by atoms with Crippen molar-refractivity contribution in [3.8, 4) is 0 Å². The molecule has 1 N–H and O–H groups in total. The molecule has 0 aliphatic heterocycles. The van der Waals surface area contributed by atoms with E-state index in [9.17, 15) is 13.6 Å². The predicted octanol–water partition coefficient (Wildman–Crippen LogP) is 3.45. The van der Waals surface area contributed by atoms with Crippen LogP contribution in [-0.2, 0) is 0 Å². The first-order valence-corrected chi connectivity index (χ1v) is 6.09. The summed E-state index contributed by atoms with van der Waals surface area (Å²) in [6.45, 7) is 1.62. The van der Waals surface area contributed by atoms with Crippen LogP contribution in [0.1, 0.15) is 43.0 Å². The zero-order valence-electron chi connectivity index (χ0n) is 10.4. The van der Waals surface area contributed by atoms with Gasteiger partial charge in [0.1, 0.15) is 0 Å². The number of rotatable bonds is 7. The molecule has 1 aromatic rings. The molecule has 0 saturated heterocycles. The second-order valence-electron chi connectivity index (χ2n) is 4.49. The van der Waals surface area contributed by atoms with E-state index >= 15 is 0 Å². The van der Waals surface area contributed by atoms with Crippen LogP contribution in [0, 0.1) is 0 Å².